The zero-order valence-electron chi connectivity index (χ0n) is 14.3. The number of rotatable bonds is 3. The van der Waals surface area contributed by atoms with E-state index in [9.17, 15) is 10.1 Å². The predicted molar refractivity (Wildman–Crippen MR) is 99.1 cm³/mol. The minimum Gasteiger partial charge on any atom is -0.399 e. The zero-order valence-corrected chi connectivity index (χ0v) is 14.3. The second kappa shape index (κ2) is 7.27. The Kier molecular flexibility index (Phi) is 4.90. The van der Waals surface area contributed by atoms with Gasteiger partial charge in [-0.2, -0.15) is 5.26 Å². The van der Waals surface area contributed by atoms with Gasteiger partial charge in [0.05, 0.1) is 18.0 Å². The molecule has 1 aliphatic rings. The normalized spacial score (nSPS) is 17.8. The van der Waals surface area contributed by atoms with E-state index < -0.39 is 0 Å². The number of anilines is 2. The van der Waals surface area contributed by atoms with Crippen LogP contribution in [-0.2, 0) is 0 Å². The molecule has 2 atom stereocenters. The van der Waals surface area contributed by atoms with Gasteiger partial charge in [0.25, 0.3) is 0 Å². The lowest BCUT2D eigenvalue weighted by molar-refractivity contribution is 0.203. The number of nitriles is 1. The number of nitrogens with one attached hydrogen (secondary N) is 1. The highest BCUT2D eigenvalue weighted by Crippen LogP contribution is 2.31. The van der Waals surface area contributed by atoms with Crippen LogP contribution in [0.2, 0.25) is 0 Å². The van der Waals surface area contributed by atoms with Crippen molar-refractivity contribution in [3.8, 4) is 6.07 Å². The van der Waals surface area contributed by atoms with Crippen molar-refractivity contribution in [1.82, 2.24) is 4.90 Å². The second-order valence-corrected chi connectivity index (χ2v) is 6.42. The standard InChI is InChI=1S/C20H22N4O/c1-14-12-16(9-10-18(14)22)23-20(25)24-11-5-8-19(24)17(13-21)15-6-3-2-4-7-15/h2-4,6-7,9-10,12,17,19H,5,8,11,22H2,1H3,(H,23,25). The Hall–Kier alpha value is -3.00. The van der Waals surface area contributed by atoms with Gasteiger partial charge < -0.3 is 16.0 Å². The van der Waals surface area contributed by atoms with Crippen molar-refractivity contribution in [3.05, 3.63) is 59.7 Å². The zero-order chi connectivity index (χ0) is 17.8. The number of carbonyl (C=O) groups excluding carboxylic acids is 1. The van der Waals surface area contributed by atoms with Crippen molar-refractivity contribution < 1.29 is 4.79 Å². The maximum atomic E-state index is 12.7. The fourth-order valence-electron chi connectivity index (χ4n) is 3.38. The Bertz CT molecular complexity index is 797. The SMILES string of the molecule is Cc1cc(NC(=O)N2CCCC2C(C#N)c2ccccc2)ccc1N. The summed E-state index contributed by atoms with van der Waals surface area (Å²) in [4.78, 5) is 14.5. The minimum absolute atomic E-state index is 0.109. The van der Waals surface area contributed by atoms with Gasteiger partial charge in [-0.1, -0.05) is 30.3 Å². The number of amides is 2. The van der Waals surface area contributed by atoms with Crippen LogP contribution in [-0.4, -0.2) is 23.5 Å². The number of carbonyl (C=O) groups is 1. The van der Waals surface area contributed by atoms with Crippen LogP contribution < -0.4 is 11.1 Å². The molecular formula is C20H22N4O. The van der Waals surface area contributed by atoms with Crippen LogP contribution in [0.3, 0.4) is 0 Å². The molecule has 3 N–H and O–H groups in total. The van der Waals surface area contributed by atoms with E-state index in [2.05, 4.69) is 11.4 Å². The Morgan fingerprint density at radius 3 is 2.76 bits per heavy atom. The largest absolute Gasteiger partial charge is 0.399 e. The highest BCUT2D eigenvalue weighted by atomic mass is 16.2. The number of benzene rings is 2. The molecule has 1 aliphatic heterocycles. The molecule has 2 aromatic carbocycles. The van der Waals surface area contributed by atoms with Crippen molar-refractivity contribution in [3.63, 3.8) is 0 Å². The van der Waals surface area contributed by atoms with Crippen molar-refractivity contribution in [2.75, 3.05) is 17.6 Å². The minimum atomic E-state index is -0.317. The highest BCUT2D eigenvalue weighted by Gasteiger charge is 2.35. The van der Waals surface area contributed by atoms with Gasteiger partial charge in [0.2, 0.25) is 0 Å². The molecule has 0 saturated carbocycles. The van der Waals surface area contributed by atoms with E-state index in [1.807, 2.05) is 43.3 Å². The van der Waals surface area contributed by atoms with E-state index in [0.717, 1.165) is 29.7 Å². The summed E-state index contributed by atoms with van der Waals surface area (Å²) in [5.74, 6) is -0.317. The van der Waals surface area contributed by atoms with E-state index in [-0.39, 0.29) is 18.0 Å². The molecule has 128 valence electrons. The fraction of sp³-hybridized carbons (Fsp3) is 0.300. The van der Waals surface area contributed by atoms with E-state index in [4.69, 9.17) is 5.73 Å². The van der Waals surface area contributed by atoms with E-state index in [1.165, 1.54) is 0 Å². The van der Waals surface area contributed by atoms with Gasteiger partial charge in [0, 0.05) is 17.9 Å². The van der Waals surface area contributed by atoms with Gasteiger partial charge in [-0.25, -0.2) is 4.79 Å². The van der Waals surface area contributed by atoms with Gasteiger partial charge in [0.15, 0.2) is 0 Å². The lowest BCUT2D eigenvalue weighted by Gasteiger charge is -2.28. The van der Waals surface area contributed by atoms with E-state index in [1.54, 1.807) is 17.0 Å². The number of nitrogen functional groups attached to an aromatic ring is 1. The molecule has 2 unspecified atom stereocenters. The summed E-state index contributed by atoms with van der Waals surface area (Å²) in [5, 5.41) is 12.6. The molecule has 0 aliphatic carbocycles. The number of hydrogen-bond acceptors (Lipinski definition) is 3. The maximum absolute atomic E-state index is 12.7. The quantitative estimate of drug-likeness (QED) is 0.836. The van der Waals surface area contributed by atoms with E-state index in [0.29, 0.717) is 12.2 Å². The van der Waals surface area contributed by atoms with Crippen LogP contribution in [0, 0.1) is 18.3 Å². The first-order valence-electron chi connectivity index (χ1n) is 8.48. The lowest BCUT2D eigenvalue weighted by atomic mass is 9.91. The Morgan fingerprint density at radius 1 is 1.32 bits per heavy atom. The molecule has 1 heterocycles. The third-order valence-corrected chi connectivity index (χ3v) is 4.76. The summed E-state index contributed by atoms with van der Waals surface area (Å²) in [6, 6.07) is 17.2. The Labute approximate surface area is 148 Å². The third-order valence-electron chi connectivity index (χ3n) is 4.76. The fourth-order valence-corrected chi connectivity index (χ4v) is 3.38. The molecule has 5 nitrogen and oxygen atoms in total. The van der Waals surface area contributed by atoms with Gasteiger partial charge in [-0.15, -0.1) is 0 Å². The molecule has 0 bridgehead atoms. The summed E-state index contributed by atoms with van der Waals surface area (Å²) in [6.07, 6.45) is 1.74. The molecule has 0 spiro atoms. The molecule has 2 amide bonds. The van der Waals surface area contributed by atoms with Crippen molar-refractivity contribution >= 4 is 17.4 Å². The molecular weight excluding hydrogens is 312 g/mol. The Balaban J connectivity index is 1.77. The van der Waals surface area contributed by atoms with E-state index >= 15 is 0 Å². The summed E-state index contributed by atoms with van der Waals surface area (Å²) < 4.78 is 0. The average Bonchev–Trinajstić information content (AvgIpc) is 3.09. The smallest absolute Gasteiger partial charge is 0.322 e. The third kappa shape index (κ3) is 3.58. The molecule has 5 heteroatoms. The van der Waals surface area contributed by atoms with Gasteiger partial charge in [-0.3, -0.25) is 0 Å². The molecule has 25 heavy (non-hydrogen) atoms. The molecule has 0 radical (unpaired) electrons. The molecule has 3 rings (SSSR count). The number of hydrogen-bond donors (Lipinski definition) is 2. The first-order chi connectivity index (χ1) is 12.1. The summed E-state index contributed by atoms with van der Waals surface area (Å²) in [5.41, 5.74) is 9.13. The number of nitrogens with zero attached hydrogens (tertiary/aromatic N) is 2. The van der Waals surface area contributed by atoms with Gasteiger partial charge in [0.1, 0.15) is 0 Å². The van der Waals surface area contributed by atoms with Crippen LogP contribution in [0.4, 0.5) is 16.2 Å². The monoisotopic (exact) mass is 334 g/mol. The number of nitrogens with two attached hydrogens (primary N) is 1. The van der Waals surface area contributed by atoms with Crippen LogP contribution in [0.1, 0.15) is 29.9 Å². The number of likely N-dealkylation sites (tertiary alicyclic amines) is 1. The molecule has 1 saturated heterocycles. The van der Waals surface area contributed by atoms with Gasteiger partial charge >= 0.3 is 6.03 Å². The van der Waals surface area contributed by atoms with Crippen LogP contribution in [0.15, 0.2) is 48.5 Å². The summed E-state index contributed by atoms with van der Waals surface area (Å²) in [7, 11) is 0. The predicted octanol–water partition coefficient (Wildman–Crippen LogP) is 3.88. The average molecular weight is 334 g/mol. The lowest BCUT2D eigenvalue weighted by Crippen LogP contribution is -2.41. The first kappa shape index (κ1) is 16.8. The van der Waals surface area contributed by atoms with Crippen molar-refractivity contribution in [2.45, 2.75) is 31.7 Å². The summed E-state index contributed by atoms with van der Waals surface area (Å²) in [6.45, 7) is 2.57. The summed E-state index contributed by atoms with van der Waals surface area (Å²) >= 11 is 0. The molecule has 0 aromatic heterocycles. The van der Waals surface area contributed by atoms with Crippen molar-refractivity contribution in [1.29, 1.82) is 5.26 Å². The van der Waals surface area contributed by atoms with Crippen molar-refractivity contribution in [2.24, 2.45) is 0 Å². The van der Waals surface area contributed by atoms with Crippen LogP contribution in [0.5, 0.6) is 0 Å². The van der Waals surface area contributed by atoms with Crippen LogP contribution in [0.25, 0.3) is 0 Å². The topological polar surface area (TPSA) is 82.2 Å². The van der Waals surface area contributed by atoms with Crippen LogP contribution >= 0.6 is 0 Å². The highest BCUT2D eigenvalue weighted by molar-refractivity contribution is 5.90. The number of aryl methyl sites for hydroxylation is 1. The first-order valence-corrected chi connectivity index (χ1v) is 8.48. The molecule has 2 aromatic rings. The number of urea groups is 1. The molecule has 1 fully saturated rings. The Morgan fingerprint density at radius 2 is 2.08 bits per heavy atom. The van der Waals surface area contributed by atoms with Gasteiger partial charge in [-0.05, 0) is 49.1 Å². The maximum Gasteiger partial charge on any atom is 0.322 e. The second-order valence-electron chi connectivity index (χ2n) is 6.42.